The van der Waals surface area contributed by atoms with Gasteiger partial charge in [-0.15, -0.1) is 0 Å². The normalized spacial score (nSPS) is 17.7. The Morgan fingerprint density at radius 2 is 1.92 bits per heavy atom. The fourth-order valence-corrected chi connectivity index (χ4v) is 4.97. The number of rotatable bonds is 8. The van der Waals surface area contributed by atoms with E-state index in [1.165, 1.54) is 41.0 Å². The van der Waals surface area contributed by atoms with E-state index in [2.05, 4.69) is 10.1 Å². The number of amides is 3. The van der Waals surface area contributed by atoms with Gasteiger partial charge in [0, 0.05) is 38.3 Å². The molecule has 2 aromatic heterocycles. The summed E-state index contributed by atoms with van der Waals surface area (Å²) in [5.41, 5.74) is 6.56. The van der Waals surface area contributed by atoms with E-state index < -0.39 is 47.2 Å². The van der Waals surface area contributed by atoms with Crippen LogP contribution in [0.25, 0.3) is 0 Å². The molecule has 1 aromatic carbocycles. The predicted molar refractivity (Wildman–Crippen MR) is 137 cm³/mol. The van der Waals surface area contributed by atoms with Crippen LogP contribution in [-0.2, 0) is 27.9 Å². The fourth-order valence-electron chi connectivity index (χ4n) is 4.97. The zero-order valence-electron chi connectivity index (χ0n) is 21.7. The number of carbonyl (C=O) groups is 3. The number of likely N-dealkylation sites (tertiary alicyclic amines) is 1. The number of hydrogen-bond donors (Lipinski definition) is 1. The molecule has 9 nitrogen and oxygen atoms in total. The molecular formula is C27H30F2N6O3. The summed E-state index contributed by atoms with van der Waals surface area (Å²) in [6, 6.07) is 6.40. The smallest absolute Gasteiger partial charge is 0.252 e. The predicted octanol–water partition coefficient (Wildman–Crippen LogP) is 3.13. The number of β-lactam (4-membered cyclic amide) rings is 1. The van der Waals surface area contributed by atoms with Crippen molar-refractivity contribution in [3.63, 3.8) is 0 Å². The molecule has 0 unspecified atom stereocenters. The Morgan fingerprint density at radius 3 is 2.55 bits per heavy atom. The fraction of sp³-hybridized carbons (Fsp3) is 0.370. The van der Waals surface area contributed by atoms with Gasteiger partial charge in [-0.1, -0.05) is 13.0 Å². The molecule has 2 N–H and O–H groups in total. The van der Waals surface area contributed by atoms with Crippen LogP contribution in [-0.4, -0.2) is 50.5 Å². The highest BCUT2D eigenvalue weighted by molar-refractivity contribution is 6.12. The Labute approximate surface area is 219 Å². The van der Waals surface area contributed by atoms with E-state index >= 15 is 0 Å². The summed E-state index contributed by atoms with van der Waals surface area (Å²) in [5, 5.41) is 4.09. The number of anilines is 2. The van der Waals surface area contributed by atoms with Crippen molar-refractivity contribution in [2.24, 2.45) is 13.0 Å². The number of hydrogen-bond acceptors (Lipinski definition) is 6. The van der Waals surface area contributed by atoms with Crippen LogP contribution in [0.5, 0.6) is 0 Å². The first-order chi connectivity index (χ1) is 18.0. The lowest BCUT2D eigenvalue weighted by atomic mass is 9.80. The molecule has 4 rings (SSSR count). The molecule has 0 bridgehead atoms. The molecule has 0 aliphatic carbocycles. The van der Waals surface area contributed by atoms with Gasteiger partial charge < -0.3 is 5.73 Å². The maximum absolute atomic E-state index is 14.9. The van der Waals surface area contributed by atoms with Gasteiger partial charge in [-0.05, 0) is 55.0 Å². The van der Waals surface area contributed by atoms with Gasteiger partial charge in [-0.3, -0.25) is 28.9 Å². The first kappa shape index (κ1) is 26.9. The summed E-state index contributed by atoms with van der Waals surface area (Å²) in [4.78, 5) is 46.7. The molecule has 200 valence electrons. The van der Waals surface area contributed by atoms with Crippen molar-refractivity contribution in [1.29, 1.82) is 0 Å². The van der Waals surface area contributed by atoms with Crippen molar-refractivity contribution >= 4 is 29.4 Å². The monoisotopic (exact) mass is 524 g/mol. The number of nitrogen functional groups attached to an aromatic ring is 1. The number of likely N-dealkylation sites (N-methyl/N-ethyl adjacent to an activating group) is 1. The first-order valence-corrected chi connectivity index (χ1v) is 12.3. The van der Waals surface area contributed by atoms with Crippen LogP contribution in [0.4, 0.5) is 20.4 Å². The van der Waals surface area contributed by atoms with Crippen molar-refractivity contribution in [2.75, 3.05) is 17.7 Å². The molecule has 1 aliphatic rings. The van der Waals surface area contributed by atoms with Crippen LogP contribution >= 0.6 is 0 Å². The molecule has 38 heavy (non-hydrogen) atoms. The van der Waals surface area contributed by atoms with Crippen LogP contribution in [0.2, 0.25) is 0 Å². The first-order valence-electron chi connectivity index (χ1n) is 12.3. The number of nitrogens with two attached hydrogens (primary N) is 1. The minimum Gasteiger partial charge on any atom is -0.384 e. The highest BCUT2D eigenvalue weighted by atomic mass is 19.1. The summed E-state index contributed by atoms with van der Waals surface area (Å²) in [6.07, 6.45) is 3.41. The highest BCUT2D eigenvalue weighted by Crippen LogP contribution is 2.36. The molecule has 1 fully saturated rings. The van der Waals surface area contributed by atoms with E-state index in [0.717, 1.165) is 4.90 Å². The minimum atomic E-state index is -1.07. The highest BCUT2D eigenvalue weighted by Gasteiger charge is 2.55. The zero-order chi connectivity index (χ0) is 27.7. The van der Waals surface area contributed by atoms with Crippen LogP contribution in [0.1, 0.15) is 42.4 Å². The topological polar surface area (TPSA) is 114 Å². The van der Waals surface area contributed by atoms with Crippen molar-refractivity contribution < 1.29 is 23.2 Å². The van der Waals surface area contributed by atoms with Gasteiger partial charge in [-0.25, -0.2) is 13.8 Å². The van der Waals surface area contributed by atoms with Crippen molar-refractivity contribution in [3.05, 3.63) is 71.1 Å². The average Bonchev–Trinajstić information content (AvgIpc) is 3.32. The van der Waals surface area contributed by atoms with Crippen LogP contribution < -0.4 is 10.6 Å². The minimum absolute atomic E-state index is 0.129. The number of carbonyl (C=O) groups excluding carboxylic acids is 3. The van der Waals surface area contributed by atoms with Gasteiger partial charge >= 0.3 is 0 Å². The largest absolute Gasteiger partial charge is 0.384 e. The van der Waals surface area contributed by atoms with E-state index in [1.807, 2.05) is 0 Å². The zero-order valence-corrected chi connectivity index (χ0v) is 21.7. The maximum Gasteiger partial charge on any atom is 0.252 e. The van der Waals surface area contributed by atoms with Crippen molar-refractivity contribution in [1.82, 2.24) is 19.7 Å². The Bertz CT molecular complexity index is 1390. The number of imide groups is 1. The summed E-state index contributed by atoms with van der Waals surface area (Å²) < 4.78 is 30.2. The number of pyridine rings is 1. The molecule has 3 atom stereocenters. The average molecular weight is 525 g/mol. The van der Waals surface area contributed by atoms with E-state index in [1.54, 1.807) is 39.2 Å². The van der Waals surface area contributed by atoms with E-state index in [4.69, 9.17) is 5.73 Å². The summed E-state index contributed by atoms with van der Waals surface area (Å²) >= 11 is 0. The molecule has 1 aliphatic heterocycles. The number of nitrogens with zero attached hydrogens (tertiary/aromatic N) is 5. The lowest BCUT2D eigenvalue weighted by molar-refractivity contribution is -0.170. The molecule has 0 radical (unpaired) electrons. The third kappa shape index (κ3) is 4.88. The summed E-state index contributed by atoms with van der Waals surface area (Å²) in [6.45, 7) is 3.12. The van der Waals surface area contributed by atoms with Gasteiger partial charge in [0.1, 0.15) is 29.3 Å². The lowest BCUT2D eigenvalue weighted by Gasteiger charge is -2.46. The molecular weight excluding hydrogens is 494 g/mol. The van der Waals surface area contributed by atoms with Gasteiger partial charge in [0.15, 0.2) is 0 Å². The van der Waals surface area contributed by atoms with E-state index in [9.17, 15) is 23.2 Å². The lowest BCUT2D eigenvalue weighted by Crippen LogP contribution is -2.69. The molecule has 1 saturated heterocycles. The third-order valence-corrected chi connectivity index (χ3v) is 7.21. The van der Waals surface area contributed by atoms with E-state index in [-0.39, 0.29) is 29.8 Å². The number of halogens is 2. The van der Waals surface area contributed by atoms with Gasteiger partial charge in [0.25, 0.3) is 5.91 Å². The quantitative estimate of drug-likeness (QED) is 0.453. The van der Waals surface area contributed by atoms with Crippen LogP contribution in [0.3, 0.4) is 0 Å². The van der Waals surface area contributed by atoms with Crippen LogP contribution in [0, 0.1) is 24.5 Å². The standard InChI is InChI=1S/C27H30F2N6O3/c1-5-17(18-6-7-20(28)15(2)24(18)29)14-23(36)35-25(27(38)33(3)22-9-11-32-34(22)4)19(26(35)37)12-16-8-10-31-21(30)13-16/h6-11,13,17,19,25H,5,12,14H2,1-4H3,(H2,30,31)/t17-,19+,25-/m0/s1. The second-order valence-electron chi connectivity index (χ2n) is 9.54. The van der Waals surface area contributed by atoms with Gasteiger partial charge in [0.05, 0.1) is 12.1 Å². The number of aromatic nitrogens is 3. The number of aryl methyl sites for hydroxylation is 1. The Kier molecular flexibility index (Phi) is 7.56. The molecule has 3 heterocycles. The van der Waals surface area contributed by atoms with Gasteiger partial charge in [0.2, 0.25) is 11.8 Å². The third-order valence-electron chi connectivity index (χ3n) is 7.21. The van der Waals surface area contributed by atoms with Crippen molar-refractivity contribution in [3.8, 4) is 0 Å². The second-order valence-corrected chi connectivity index (χ2v) is 9.54. The van der Waals surface area contributed by atoms with E-state index in [0.29, 0.717) is 17.8 Å². The SMILES string of the molecule is CC[C@@H](CC(=O)N1C(=O)[C@H](Cc2ccnc(N)c2)[C@H]1C(=O)N(C)c1ccnn1C)c1ccc(F)c(C)c1F. The van der Waals surface area contributed by atoms with Gasteiger partial charge in [-0.2, -0.15) is 5.10 Å². The maximum atomic E-state index is 14.9. The summed E-state index contributed by atoms with van der Waals surface area (Å²) in [7, 11) is 3.23. The number of benzene rings is 1. The Morgan fingerprint density at radius 1 is 1.18 bits per heavy atom. The van der Waals surface area contributed by atoms with Crippen molar-refractivity contribution in [2.45, 2.75) is 45.1 Å². The molecule has 0 spiro atoms. The molecule has 3 amide bonds. The molecule has 3 aromatic rings. The Balaban J connectivity index is 1.63. The second kappa shape index (κ2) is 10.7. The summed E-state index contributed by atoms with van der Waals surface area (Å²) in [5.74, 6) is -3.55. The molecule has 0 saturated carbocycles. The Hall–Kier alpha value is -4.15. The molecule has 11 heteroatoms. The van der Waals surface area contributed by atoms with Crippen LogP contribution in [0.15, 0.2) is 42.7 Å².